The van der Waals surface area contributed by atoms with E-state index in [0.29, 0.717) is 18.0 Å². The molecule has 0 unspecified atom stereocenters. The zero-order valence-corrected chi connectivity index (χ0v) is 17.7. The number of likely N-dealkylation sites (tertiary alicyclic amines) is 1. The van der Waals surface area contributed by atoms with Crippen LogP contribution in [-0.2, 0) is 13.1 Å². The minimum absolute atomic E-state index is 0.120. The van der Waals surface area contributed by atoms with Crippen molar-refractivity contribution in [3.63, 3.8) is 0 Å². The number of benzene rings is 2. The summed E-state index contributed by atoms with van der Waals surface area (Å²) in [5.41, 5.74) is 4.84. The third-order valence-corrected chi connectivity index (χ3v) is 6.02. The van der Waals surface area contributed by atoms with E-state index in [1.807, 2.05) is 24.3 Å². The number of hydrogen-bond acceptors (Lipinski definition) is 4. The van der Waals surface area contributed by atoms with Crippen LogP contribution >= 0.6 is 0 Å². The second-order valence-corrected chi connectivity index (χ2v) is 8.52. The minimum atomic E-state index is -0.170. The van der Waals surface area contributed by atoms with Gasteiger partial charge in [-0.05, 0) is 47.6 Å². The van der Waals surface area contributed by atoms with Gasteiger partial charge in [0.25, 0.3) is 5.91 Å². The van der Waals surface area contributed by atoms with Crippen molar-refractivity contribution in [3.8, 4) is 0 Å². The van der Waals surface area contributed by atoms with Gasteiger partial charge in [-0.3, -0.25) is 9.69 Å². The normalized spacial score (nSPS) is 15.7. The molecule has 1 saturated heterocycles. The molecule has 0 atom stereocenters. The number of nitrogens with zero attached hydrogens (tertiary/aromatic N) is 1. The lowest BCUT2D eigenvalue weighted by Gasteiger charge is -2.30. The van der Waals surface area contributed by atoms with E-state index in [9.17, 15) is 9.90 Å². The Hall–Kier alpha value is -2.63. The molecule has 2 N–H and O–H groups in total. The second kappa shape index (κ2) is 9.02. The predicted octanol–water partition coefficient (Wildman–Crippen LogP) is 4.44. The summed E-state index contributed by atoms with van der Waals surface area (Å²) < 4.78 is 5.60. The first-order chi connectivity index (χ1) is 14.5. The number of aliphatic hydroxyl groups excluding tert-OH is 1. The van der Waals surface area contributed by atoms with Gasteiger partial charge >= 0.3 is 0 Å². The SMILES string of the molecule is CC(C)c1ccc2occ(C(=O)NCc3ccccc3CN3CCC(O)CC3)c2c1. The smallest absolute Gasteiger partial charge is 0.255 e. The third-order valence-electron chi connectivity index (χ3n) is 6.02. The first-order valence-electron chi connectivity index (χ1n) is 10.8. The van der Waals surface area contributed by atoms with E-state index in [1.165, 1.54) is 11.1 Å². The van der Waals surface area contributed by atoms with Crippen LogP contribution < -0.4 is 5.32 Å². The van der Waals surface area contributed by atoms with Crippen LogP contribution in [0.5, 0.6) is 0 Å². The van der Waals surface area contributed by atoms with Gasteiger partial charge in [0.2, 0.25) is 0 Å². The molecule has 0 aliphatic carbocycles. The van der Waals surface area contributed by atoms with Crippen molar-refractivity contribution in [3.05, 3.63) is 71.0 Å². The fourth-order valence-corrected chi connectivity index (χ4v) is 4.05. The lowest BCUT2D eigenvalue weighted by atomic mass is 10.0. The molecule has 30 heavy (non-hydrogen) atoms. The van der Waals surface area contributed by atoms with Gasteiger partial charge in [0.1, 0.15) is 11.8 Å². The molecule has 1 aliphatic rings. The first-order valence-corrected chi connectivity index (χ1v) is 10.8. The molecule has 4 rings (SSSR count). The molecule has 158 valence electrons. The number of fused-ring (bicyclic) bond motifs is 1. The van der Waals surface area contributed by atoms with Crippen LogP contribution in [0.2, 0.25) is 0 Å². The molecule has 1 aliphatic heterocycles. The zero-order chi connectivity index (χ0) is 21.1. The Bertz CT molecular complexity index is 1020. The average Bonchev–Trinajstić information content (AvgIpc) is 3.18. The average molecular weight is 407 g/mol. The number of piperidine rings is 1. The van der Waals surface area contributed by atoms with Crippen molar-refractivity contribution < 1.29 is 14.3 Å². The molecule has 1 aromatic heterocycles. The molecule has 3 aromatic rings. The molecule has 0 spiro atoms. The van der Waals surface area contributed by atoms with E-state index in [1.54, 1.807) is 6.26 Å². The number of hydrogen-bond donors (Lipinski definition) is 2. The summed E-state index contributed by atoms with van der Waals surface area (Å²) in [6, 6.07) is 14.3. The van der Waals surface area contributed by atoms with Gasteiger partial charge in [0.05, 0.1) is 11.7 Å². The monoisotopic (exact) mass is 406 g/mol. The Kier molecular flexibility index (Phi) is 6.21. The number of rotatable bonds is 6. The van der Waals surface area contributed by atoms with Gasteiger partial charge in [-0.1, -0.05) is 44.2 Å². The van der Waals surface area contributed by atoms with E-state index in [-0.39, 0.29) is 12.0 Å². The predicted molar refractivity (Wildman–Crippen MR) is 118 cm³/mol. The van der Waals surface area contributed by atoms with Gasteiger partial charge in [0, 0.05) is 31.6 Å². The molecule has 5 heteroatoms. The van der Waals surface area contributed by atoms with Gasteiger partial charge < -0.3 is 14.8 Å². The number of carbonyl (C=O) groups excluding carboxylic acids is 1. The first kappa shape index (κ1) is 20.6. The summed E-state index contributed by atoms with van der Waals surface area (Å²) >= 11 is 0. The molecule has 2 aromatic carbocycles. The van der Waals surface area contributed by atoms with Gasteiger partial charge in [-0.25, -0.2) is 0 Å². The Morgan fingerprint density at radius 2 is 1.90 bits per heavy atom. The Morgan fingerprint density at radius 3 is 2.63 bits per heavy atom. The van der Waals surface area contributed by atoms with Crippen molar-refractivity contribution >= 4 is 16.9 Å². The van der Waals surface area contributed by atoms with E-state index in [2.05, 4.69) is 42.3 Å². The Labute approximate surface area is 177 Å². The van der Waals surface area contributed by atoms with E-state index >= 15 is 0 Å². The summed E-state index contributed by atoms with van der Waals surface area (Å²) in [6.45, 7) is 7.40. The van der Waals surface area contributed by atoms with Gasteiger partial charge in [-0.2, -0.15) is 0 Å². The third kappa shape index (κ3) is 4.58. The number of amides is 1. The van der Waals surface area contributed by atoms with Crippen LogP contribution in [0.4, 0.5) is 0 Å². The lowest BCUT2D eigenvalue weighted by Crippen LogP contribution is -2.35. The van der Waals surface area contributed by atoms with Crippen LogP contribution in [0.25, 0.3) is 11.0 Å². The molecule has 0 saturated carbocycles. The molecule has 2 heterocycles. The van der Waals surface area contributed by atoms with Crippen molar-refractivity contribution in [1.29, 1.82) is 0 Å². The maximum absolute atomic E-state index is 12.9. The summed E-state index contributed by atoms with van der Waals surface area (Å²) in [6.07, 6.45) is 3.03. The summed E-state index contributed by atoms with van der Waals surface area (Å²) in [4.78, 5) is 15.3. The Morgan fingerprint density at radius 1 is 1.17 bits per heavy atom. The van der Waals surface area contributed by atoms with Crippen LogP contribution in [0.1, 0.15) is 59.7 Å². The quantitative estimate of drug-likeness (QED) is 0.635. The zero-order valence-electron chi connectivity index (χ0n) is 17.7. The maximum atomic E-state index is 12.9. The fraction of sp³-hybridized carbons (Fsp3) is 0.400. The van der Waals surface area contributed by atoms with Crippen molar-refractivity contribution in [1.82, 2.24) is 10.2 Å². The lowest BCUT2D eigenvalue weighted by molar-refractivity contribution is 0.0790. The molecular formula is C25H30N2O3. The fourth-order valence-electron chi connectivity index (χ4n) is 4.05. The molecule has 1 fully saturated rings. The maximum Gasteiger partial charge on any atom is 0.255 e. The van der Waals surface area contributed by atoms with Gasteiger partial charge in [-0.15, -0.1) is 0 Å². The highest BCUT2D eigenvalue weighted by atomic mass is 16.3. The van der Waals surface area contributed by atoms with Crippen molar-refractivity contribution in [2.24, 2.45) is 0 Å². The topological polar surface area (TPSA) is 65.7 Å². The summed E-state index contributed by atoms with van der Waals surface area (Å²) in [7, 11) is 0. The molecule has 1 amide bonds. The summed E-state index contributed by atoms with van der Waals surface area (Å²) in [5, 5.41) is 13.7. The highest BCUT2D eigenvalue weighted by Crippen LogP contribution is 2.26. The molecule has 0 bridgehead atoms. The van der Waals surface area contributed by atoms with E-state index in [4.69, 9.17) is 4.42 Å². The minimum Gasteiger partial charge on any atom is -0.463 e. The number of furan rings is 1. The largest absolute Gasteiger partial charge is 0.463 e. The van der Waals surface area contributed by atoms with E-state index < -0.39 is 0 Å². The van der Waals surface area contributed by atoms with Gasteiger partial charge in [0.15, 0.2) is 0 Å². The number of nitrogens with one attached hydrogen (secondary N) is 1. The highest BCUT2D eigenvalue weighted by Gasteiger charge is 2.19. The van der Waals surface area contributed by atoms with Crippen LogP contribution in [-0.4, -0.2) is 35.1 Å². The molecule has 0 radical (unpaired) electrons. The van der Waals surface area contributed by atoms with Crippen molar-refractivity contribution in [2.75, 3.05) is 13.1 Å². The Balaban J connectivity index is 1.46. The van der Waals surface area contributed by atoms with Crippen LogP contribution in [0.3, 0.4) is 0 Å². The van der Waals surface area contributed by atoms with Crippen molar-refractivity contribution in [2.45, 2.75) is 51.8 Å². The summed E-state index contributed by atoms with van der Waals surface area (Å²) in [5.74, 6) is 0.272. The number of carbonyl (C=O) groups is 1. The molecule has 5 nitrogen and oxygen atoms in total. The standard InChI is InChI=1S/C25H30N2O3/c1-17(2)18-7-8-24-22(13-18)23(16-30-24)25(29)26-14-19-5-3-4-6-20(19)15-27-11-9-21(28)10-12-27/h3-8,13,16-17,21,28H,9-12,14-15H2,1-2H3,(H,26,29). The second-order valence-electron chi connectivity index (χ2n) is 8.52. The van der Waals surface area contributed by atoms with Crippen LogP contribution in [0, 0.1) is 0 Å². The molecular weight excluding hydrogens is 376 g/mol. The van der Waals surface area contributed by atoms with Crippen LogP contribution in [0.15, 0.2) is 53.1 Å². The highest BCUT2D eigenvalue weighted by molar-refractivity contribution is 6.06. The number of aliphatic hydroxyl groups is 1. The van der Waals surface area contributed by atoms with E-state index in [0.717, 1.165) is 49.0 Å².